The molecule has 0 saturated carbocycles. The summed E-state index contributed by atoms with van der Waals surface area (Å²) in [5.74, 6) is 1.25. The number of ether oxygens (including phenoxy) is 1. The lowest BCUT2D eigenvalue weighted by atomic mass is 10.1. The van der Waals surface area contributed by atoms with Crippen molar-refractivity contribution < 1.29 is 4.74 Å². The number of aryl methyl sites for hydroxylation is 2. The van der Waals surface area contributed by atoms with Gasteiger partial charge in [0, 0.05) is 18.8 Å². The molecule has 6 heteroatoms. The van der Waals surface area contributed by atoms with Gasteiger partial charge in [-0.3, -0.25) is 0 Å². The maximum absolute atomic E-state index is 6.19. The number of rotatable bonds is 5. The molecule has 2 aromatic rings. The fourth-order valence-electron chi connectivity index (χ4n) is 2.61. The van der Waals surface area contributed by atoms with Crippen LogP contribution in [0.2, 0.25) is 0 Å². The van der Waals surface area contributed by atoms with Gasteiger partial charge in [0.15, 0.2) is 11.6 Å². The quantitative estimate of drug-likeness (QED) is 0.787. The first-order valence-electron chi connectivity index (χ1n) is 7.93. The summed E-state index contributed by atoms with van der Waals surface area (Å²) in [6, 6.07) is 6.17. The van der Waals surface area contributed by atoms with Gasteiger partial charge in [0.05, 0.1) is 6.10 Å². The molecule has 1 atom stereocenters. The fraction of sp³-hybridized carbons (Fsp3) is 0.412. The SMILES string of the molecule is Cc1ccc(Nc2ncnc(NCC3CCCO3)c2N)cc1C. The molecule has 0 amide bonds. The van der Waals surface area contributed by atoms with Crippen LogP contribution in [0.4, 0.5) is 23.0 Å². The fourth-order valence-corrected chi connectivity index (χ4v) is 2.61. The molecule has 1 aromatic heterocycles. The lowest BCUT2D eigenvalue weighted by molar-refractivity contribution is 0.120. The van der Waals surface area contributed by atoms with Gasteiger partial charge in [-0.1, -0.05) is 6.07 Å². The van der Waals surface area contributed by atoms with Gasteiger partial charge in [-0.2, -0.15) is 0 Å². The smallest absolute Gasteiger partial charge is 0.159 e. The van der Waals surface area contributed by atoms with Crippen LogP contribution in [0.15, 0.2) is 24.5 Å². The van der Waals surface area contributed by atoms with Crippen LogP contribution >= 0.6 is 0 Å². The summed E-state index contributed by atoms with van der Waals surface area (Å²) in [5, 5.41) is 6.52. The van der Waals surface area contributed by atoms with Crippen LogP contribution in [0.25, 0.3) is 0 Å². The third-order valence-corrected chi connectivity index (χ3v) is 4.17. The molecule has 6 nitrogen and oxygen atoms in total. The van der Waals surface area contributed by atoms with Gasteiger partial charge in [0.1, 0.15) is 12.0 Å². The minimum absolute atomic E-state index is 0.237. The summed E-state index contributed by atoms with van der Waals surface area (Å²) in [6.45, 7) is 5.72. The number of nitrogens with one attached hydrogen (secondary N) is 2. The van der Waals surface area contributed by atoms with E-state index in [-0.39, 0.29) is 6.10 Å². The average molecular weight is 313 g/mol. The Labute approximate surface area is 136 Å². The molecule has 1 aliphatic heterocycles. The average Bonchev–Trinajstić information content (AvgIpc) is 3.05. The van der Waals surface area contributed by atoms with Crippen molar-refractivity contribution in [1.29, 1.82) is 0 Å². The van der Waals surface area contributed by atoms with E-state index in [4.69, 9.17) is 10.5 Å². The van der Waals surface area contributed by atoms with E-state index in [1.165, 1.54) is 17.5 Å². The number of hydrogen-bond acceptors (Lipinski definition) is 6. The molecule has 1 aliphatic rings. The van der Waals surface area contributed by atoms with Crippen molar-refractivity contribution in [2.75, 3.05) is 29.5 Å². The van der Waals surface area contributed by atoms with Crippen molar-refractivity contribution in [3.63, 3.8) is 0 Å². The third-order valence-electron chi connectivity index (χ3n) is 4.17. The Morgan fingerprint density at radius 2 is 2.04 bits per heavy atom. The van der Waals surface area contributed by atoms with Crippen molar-refractivity contribution in [1.82, 2.24) is 9.97 Å². The maximum Gasteiger partial charge on any atom is 0.159 e. The van der Waals surface area contributed by atoms with Crippen molar-refractivity contribution in [3.05, 3.63) is 35.7 Å². The van der Waals surface area contributed by atoms with Crippen LogP contribution < -0.4 is 16.4 Å². The van der Waals surface area contributed by atoms with E-state index in [0.717, 1.165) is 25.1 Å². The van der Waals surface area contributed by atoms with E-state index in [1.54, 1.807) is 0 Å². The highest BCUT2D eigenvalue weighted by atomic mass is 16.5. The van der Waals surface area contributed by atoms with Crippen LogP contribution in [0, 0.1) is 13.8 Å². The molecule has 2 heterocycles. The van der Waals surface area contributed by atoms with Gasteiger partial charge in [0.2, 0.25) is 0 Å². The van der Waals surface area contributed by atoms with Gasteiger partial charge in [-0.05, 0) is 49.9 Å². The predicted octanol–water partition coefficient (Wildman–Crippen LogP) is 3.01. The second-order valence-electron chi connectivity index (χ2n) is 5.92. The van der Waals surface area contributed by atoms with Crippen molar-refractivity contribution in [2.24, 2.45) is 0 Å². The molecule has 23 heavy (non-hydrogen) atoms. The summed E-state index contributed by atoms with van der Waals surface area (Å²) >= 11 is 0. The number of hydrogen-bond donors (Lipinski definition) is 3. The zero-order valence-corrected chi connectivity index (χ0v) is 13.6. The van der Waals surface area contributed by atoms with Gasteiger partial charge in [-0.15, -0.1) is 0 Å². The molecule has 3 rings (SSSR count). The zero-order valence-electron chi connectivity index (χ0n) is 13.6. The second-order valence-corrected chi connectivity index (χ2v) is 5.92. The Balaban J connectivity index is 1.71. The Bertz CT molecular complexity index is 683. The van der Waals surface area contributed by atoms with Crippen LogP contribution in [0.5, 0.6) is 0 Å². The number of anilines is 4. The number of nitrogens with two attached hydrogens (primary N) is 1. The zero-order chi connectivity index (χ0) is 16.2. The molecule has 1 unspecified atom stereocenters. The van der Waals surface area contributed by atoms with Gasteiger partial charge in [0.25, 0.3) is 0 Å². The lowest BCUT2D eigenvalue weighted by Crippen LogP contribution is -2.20. The molecular weight excluding hydrogens is 290 g/mol. The lowest BCUT2D eigenvalue weighted by Gasteiger charge is -2.15. The molecule has 0 radical (unpaired) electrons. The molecule has 1 fully saturated rings. The van der Waals surface area contributed by atoms with E-state index in [0.29, 0.717) is 23.9 Å². The number of benzene rings is 1. The van der Waals surface area contributed by atoms with Gasteiger partial charge >= 0.3 is 0 Å². The first-order valence-corrected chi connectivity index (χ1v) is 7.93. The highest BCUT2D eigenvalue weighted by Crippen LogP contribution is 2.27. The van der Waals surface area contributed by atoms with E-state index >= 15 is 0 Å². The minimum Gasteiger partial charge on any atom is -0.393 e. The van der Waals surface area contributed by atoms with Gasteiger partial charge < -0.3 is 21.1 Å². The van der Waals surface area contributed by atoms with Crippen LogP contribution in [-0.2, 0) is 4.74 Å². The van der Waals surface area contributed by atoms with E-state index in [9.17, 15) is 0 Å². The van der Waals surface area contributed by atoms with Crippen molar-refractivity contribution in [3.8, 4) is 0 Å². The summed E-state index contributed by atoms with van der Waals surface area (Å²) in [4.78, 5) is 8.48. The van der Waals surface area contributed by atoms with E-state index in [1.807, 2.05) is 6.07 Å². The molecule has 0 spiro atoms. The molecule has 1 aromatic carbocycles. The van der Waals surface area contributed by atoms with Crippen LogP contribution in [0.3, 0.4) is 0 Å². The predicted molar refractivity (Wildman–Crippen MR) is 93.1 cm³/mol. The molecule has 122 valence electrons. The number of nitrogen functional groups attached to an aromatic ring is 1. The van der Waals surface area contributed by atoms with E-state index < -0.39 is 0 Å². The highest BCUT2D eigenvalue weighted by molar-refractivity contribution is 5.77. The molecule has 1 saturated heterocycles. The highest BCUT2D eigenvalue weighted by Gasteiger charge is 2.16. The summed E-state index contributed by atoms with van der Waals surface area (Å²) in [7, 11) is 0. The molecule has 0 bridgehead atoms. The standard InChI is InChI=1S/C17H23N5O/c1-11-5-6-13(8-12(11)2)22-17-15(18)16(20-10-21-17)19-9-14-4-3-7-23-14/h5-6,8,10,14H,3-4,7,9,18H2,1-2H3,(H2,19,20,21,22). The number of aromatic nitrogens is 2. The Morgan fingerprint density at radius 1 is 1.22 bits per heavy atom. The minimum atomic E-state index is 0.237. The summed E-state index contributed by atoms with van der Waals surface area (Å²) in [6.07, 6.45) is 3.94. The topological polar surface area (TPSA) is 85.1 Å². The maximum atomic E-state index is 6.19. The Morgan fingerprint density at radius 3 is 2.78 bits per heavy atom. The van der Waals surface area contributed by atoms with Crippen LogP contribution in [0.1, 0.15) is 24.0 Å². The summed E-state index contributed by atoms with van der Waals surface area (Å²) < 4.78 is 5.60. The Hall–Kier alpha value is -2.34. The third kappa shape index (κ3) is 3.71. The second kappa shape index (κ2) is 6.83. The molecule has 4 N–H and O–H groups in total. The first-order chi connectivity index (χ1) is 11.1. The monoisotopic (exact) mass is 313 g/mol. The van der Waals surface area contributed by atoms with Gasteiger partial charge in [-0.25, -0.2) is 9.97 Å². The van der Waals surface area contributed by atoms with Crippen LogP contribution in [-0.4, -0.2) is 29.2 Å². The summed E-state index contributed by atoms with van der Waals surface area (Å²) in [5.41, 5.74) is 10.1. The molecule has 0 aliphatic carbocycles. The van der Waals surface area contributed by atoms with Crippen molar-refractivity contribution >= 4 is 23.0 Å². The first kappa shape index (κ1) is 15.6. The number of nitrogens with zero attached hydrogens (tertiary/aromatic N) is 2. The van der Waals surface area contributed by atoms with Crippen molar-refractivity contribution in [2.45, 2.75) is 32.8 Å². The largest absolute Gasteiger partial charge is 0.393 e. The molecular formula is C17H23N5O. The normalized spacial score (nSPS) is 17.2. The Kier molecular flexibility index (Phi) is 4.62. The van der Waals surface area contributed by atoms with E-state index in [2.05, 4.69) is 46.6 Å².